The van der Waals surface area contributed by atoms with Crippen molar-refractivity contribution < 1.29 is 9.90 Å². The van der Waals surface area contributed by atoms with Crippen LogP contribution in [0.25, 0.3) is 0 Å². The van der Waals surface area contributed by atoms with Gasteiger partial charge in [-0.15, -0.1) is 0 Å². The Morgan fingerprint density at radius 1 is 1.07 bits per heavy atom. The molecule has 27 heavy (non-hydrogen) atoms. The molecule has 0 aromatic heterocycles. The van der Waals surface area contributed by atoms with Gasteiger partial charge in [-0.3, -0.25) is 4.79 Å². The minimum Gasteiger partial charge on any atom is -0.392 e. The van der Waals surface area contributed by atoms with E-state index in [2.05, 4.69) is 23.5 Å². The Morgan fingerprint density at radius 3 is 2.48 bits per heavy atom. The zero-order chi connectivity index (χ0) is 19.2. The van der Waals surface area contributed by atoms with E-state index in [4.69, 9.17) is 0 Å². The predicted octanol–water partition coefficient (Wildman–Crippen LogP) is 3.63. The standard InChI is InChI=1S/C23H30N2O2/c1-17(26)15-25(22-10-4-3-5-11-22)16-23(27)24-18(2)20-13-12-19-8-6-7-9-21(19)14-20/h3-5,10-14,17-18,26H,6-9,15-16H2,1-2H3,(H,24,27). The highest BCUT2D eigenvalue weighted by atomic mass is 16.3. The molecule has 0 aliphatic heterocycles. The van der Waals surface area contributed by atoms with Crippen LogP contribution < -0.4 is 10.2 Å². The SMILES string of the molecule is CC(O)CN(CC(=O)NC(C)c1ccc2c(c1)CCCC2)c1ccccc1. The maximum atomic E-state index is 12.6. The second-order valence-corrected chi connectivity index (χ2v) is 7.59. The molecule has 0 spiro atoms. The van der Waals surface area contributed by atoms with Crippen LogP contribution >= 0.6 is 0 Å². The van der Waals surface area contributed by atoms with Crippen LogP contribution in [0.2, 0.25) is 0 Å². The summed E-state index contributed by atoms with van der Waals surface area (Å²) in [6.07, 6.45) is 4.33. The maximum absolute atomic E-state index is 12.6. The number of aliphatic hydroxyl groups is 1. The normalized spacial score (nSPS) is 15.5. The van der Waals surface area contributed by atoms with Crippen molar-refractivity contribution in [2.45, 2.75) is 51.7 Å². The van der Waals surface area contributed by atoms with Gasteiger partial charge in [-0.2, -0.15) is 0 Å². The smallest absolute Gasteiger partial charge is 0.239 e. The van der Waals surface area contributed by atoms with Crippen molar-refractivity contribution in [2.24, 2.45) is 0 Å². The number of hydrogen-bond donors (Lipinski definition) is 2. The molecule has 1 aliphatic carbocycles. The van der Waals surface area contributed by atoms with E-state index in [1.165, 1.54) is 30.4 Å². The van der Waals surface area contributed by atoms with Gasteiger partial charge < -0.3 is 15.3 Å². The number of para-hydroxylation sites is 1. The summed E-state index contributed by atoms with van der Waals surface area (Å²) in [6, 6.07) is 16.3. The fraction of sp³-hybridized carbons (Fsp3) is 0.435. The van der Waals surface area contributed by atoms with E-state index in [9.17, 15) is 9.90 Å². The van der Waals surface area contributed by atoms with E-state index in [1.807, 2.05) is 42.2 Å². The molecule has 0 saturated heterocycles. The van der Waals surface area contributed by atoms with Crippen LogP contribution in [-0.4, -0.2) is 30.2 Å². The van der Waals surface area contributed by atoms with Crippen molar-refractivity contribution in [1.82, 2.24) is 5.32 Å². The molecule has 2 unspecified atom stereocenters. The molecule has 0 fully saturated rings. The second-order valence-electron chi connectivity index (χ2n) is 7.59. The minimum atomic E-state index is -0.504. The van der Waals surface area contributed by atoms with Crippen molar-refractivity contribution in [3.05, 3.63) is 65.2 Å². The van der Waals surface area contributed by atoms with Crippen LogP contribution in [-0.2, 0) is 17.6 Å². The largest absolute Gasteiger partial charge is 0.392 e. The molecule has 0 saturated carbocycles. The van der Waals surface area contributed by atoms with Crippen LogP contribution in [0.3, 0.4) is 0 Å². The zero-order valence-corrected chi connectivity index (χ0v) is 16.3. The van der Waals surface area contributed by atoms with Crippen molar-refractivity contribution in [3.63, 3.8) is 0 Å². The number of aliphatic hydroxyl groups excluding tert-OH is 1. The van der Waals surface area contributed by atoms with E-state index < -0.39 is 6.10 Å². The van der Waals surface area contributed by atoms with E-state index >= 15 is 0 Å². The molecule has 4 heteroatoms. The third kappa shape index (κ3) is 5.33. The van der Waals surface area contributed by atoms with Crippen molar-refractivity contribution >= 4 is 11.6 Å². The van der Waals surface area contributed by atoms with E-state index in [-0.39, 0.29) is 18.5 Å². The van der Waals surface area contributed by atoms with Gasteiger partial charge in [0.1, 0.15) is 0 Å². The number of carbonyl (C=O) groups excluding carboxylic acids is 1. The number of benzene rings is 2. The molecule has 3 rings (SSSR count). The first-order valence-electron chi connectivity index (χ1n) is 9.92. The van der Waals surface area contributed by atoms with Crippen LogP contribution in [0, 0.1) is 0 Å². The second kappa shape index (κ2) is 9.05. The summed E-state index contributed by atoms with van der Waals surface area (Å²) in [5.41, 5.74) is 4.98. The van der Waals surface area contributed by atoms with Crippen molar-refractivity contribution in [2.75, 3.05) is 18.0 Å². The maximum Gasteiger partial charge on any atom is 0.239 e. The van der Waals surface area contributed by atoms with Crippen molar-refractivity contribution in [3.8, 4) is 0 Å². The Balaban J connectivity index is 1.64. The number of amides is 1. The quantitative estimate of drug-likeness (QED) is 0.787. The van der Waals surface area contributed by atoms with E-state index in [1.54, 1.807) is 6.92 Å². The highest BCUT2D eigenvalue weighted by Crippen LogP contribution is 2.24. The lowest BCUT2D eigenvalue weighted by molar-refractivity contribution is -0.120. The Kier molecular flexibility index (Phi) is 6.51. The van der Waals surface area contributed by atoms with Crippen LogP contribution in [0.1, 0.15) is 49.4 Å². The number of fused-ring (bicyclic) bond motifs is 1. The van der Waals surface area contributed by atoms with Crippen LogP contribution in [0.15, 0.2) is 48.5 Å². The van der Waals surface area contributed by atoms with Gasteiger partial charge in [-0.1, -0.05) is 36.4 Å². The summed E-state index contributed by atoms with van der Waals surface area (Å²) in [6.45, 7) is 4.42. The molecule has 1 amide bonds. The van der Waals surface area contributed by atoms with E-state index in [0.29, 0.717) is 6.54 Å². The summed E-state index contributed by atoms with van der Waals surface area (Å²) in [7, 11) is 0. The third-order valence-electron chi connectivity index (χ3n) is 5.19. The Morgan fingerprint density at radius 2 is 1.78 bits per heavy atom. The molecule has 2 aromatic rings. The molecule has 1 aliphatic rings. The van der Waals surface area contributed by atoms with Gasteiger partial charge in [0.25, 0.3) is 0 Å². The van der Waals surface area contributed by atoms with Gasteiger partial charge in [-0.05, 0) is 68.4 Å². The van der Waals surface area contributed by atoms with Crippen LogP contribution in [0.4, 0.5) is 5.69 Å². The number of carbonyl (C=O) groups is 1. The average molecular weight is 367 g/mol. The zero-order valence-electron chi connectivity index (χ0n) is 16.3. The molecule has 2 aromatic carbocycles. The lowest BCUT2D eigenvalue weighted by Gasteiger charge is -2.26. The average Bonchev–Trinajstić information content (AvgIpc) is 2.67. The van der Waals surface area contributed by atoms with Gasteiger partial charge >= 0.3 is 0 Å². The first kappa shape index (κ1) is 19.4. The van der Waals surface area contributed by atoms with Gasteiger partial charge in [-0.25, -0.2) is 0 Å². The number of aryl methyl sites for hydroxylation is 2. The van der Waals surface area contributed by atoms with Gasteiger partial charge in [0.2, 0.25) is 5.91 Å². The molecule has 2 atom stereocenters. The van der Waals surface area contributed by atoms with Crippen LogP contribution in [0.5, 0.6) is 0 Å². The number of hydrogen-bond acceptors (Lipinski definition) is 3. The summed E-state index contributed by atoms with van der Waals surface area (Å²) in [5.74, 6) is -0.0373. The molecular weight excluding hydrogens is 336 g/mol. The number of nitrogens with one attached hydrogen (secondary N) is 1. The molecule has 0 heterocycles. The molecule has 0 bridgehead atoms. The predicted molar refractivity (Wildman–Crippen MR) is 110 cm³/mol. The number of anilines is 1. The first-order valence-corrected chi connectivity index (χ1v) is 9.92. The lowest BCUT2D eigenvalue weighted by atomic mass is 9.89. The lowest BCUT2D eigenvalue weighted by Crippen LogP contribution is -2.41. The summed E-state index contributed by atoms with van der Waals surface area (Å²) in [5, 5.41) is 12.9. The number of rotatable bonds is 7. The number of nitrogens with zero attached hydrogens (tertiary/aromatic N) is 1. The van der Waals surface area contributed by atoms with Gasteiger partial charge in [0, 0.05) is 12.2 Å². The molecule has 4 nitrogen and oxygen atoms in total. The van der Waals surface area contributed by atoms with Gasteiger partial charge in [0.15, 0.2) is 0 Å². The molecule has 2 N–H and O–H groups in total. The Labute approximate surface area is 162 Å². The van der Waals surface area contributed by atoms with Crippen molar-refractivity contribution in [1.29, 1.82) is 0 Å². The minimum absolute atomic E-state index is 0.0334. The Bertz CT molecular complexity index is 758. The molecule has 0 radical (unpaired) electrons. The summed E-state index contributed by atoms with van der Waals surface area (Å²) >= 11 is 0. The molecule has 144 valence electrons. The first-order chi connectivity index (χ1) is 13.0. The highest BCUT2D eigenvalue weighted by molar-refractivity contribution is 5.81. The summed E-state index contributed by atoms with van der Waals surface area (Å²) in [4.78, 5) is 14.6. The fourth-order valence-corrected chi connectivity index (χ4v) is 3.79. The fourth-order valence-electron chi connectivity index (χ4n) is 3.79. The van der Waals surface area contributed by atoms with Gasteiger partial charge in [0.05, 0.1) is 18.7 Å². The third-order valence-corrected chi connectivity index (χ3v) is 5.19. The topological polar surface area (TPSA) is 52.6 Å². The Hall–Kier alpha value is -2.33. The highest BCUT2D eigenvalue weighted by Gasteiger charge is 2.17. The molecular formula is C23H30N2O2. The summed E-state index contributed by atoms with van der Waals surface area (Å²) < 4.78 is 0. The monoisotopic (exact) mass is 366 g/mol. The van der Waals surface area contributed by atoms with E-state index in [0.717, 1.165) is 17.7 Å².